The highest BCUT2D eigenvalue weighted by Gasteiger charge is 2.34. The number of alkyl halides is 3. The number of nitrogens with two attached hydrogens (primary N) is 2. The van der Waals surface area contributed by atoms with E-state index in [1.165, 1.54) is 29.3 Å². The number of rotatable bonds is 6. The van der Waals surface area contributed by atoms with Crippen LogP contribution < -0.4 is 16.4 Å². The lowest BCUT2D eigenvalue weighted by atomic mass is 9.92. The van der Waals surface area contributed by atoms with Gasteiger partial charge in [-0.15, -0.1) is 0 Å². The summed E-state index contributed by atoms with van der Waals surface area (Å²) in [6, 6.07) is 13.1. The number of aromatic nitrogens is 2. The third-order valence-corrected chi connectivity index (χ3v) is 5.41. The highest BCUT2D eigenvalue weighted by Crippen LogP contribution is 2.35. The maximum absolute atomic E-state index is 13.3. The molecule has 10 heteroatoms. The average molecular weight is 467 g/mol. The SMILES string of the molecule is NC(=O)C1=CN(c2cccc(C(F)(F)F)c2)C(Cc2cnn(-c3ccccc3)c2)C(C(N)=O)=C1. The second-order valence-electron chi connectivity index (χ2n) is 7.72. The zero-order valence-corrected chi connectivity index (χ0v) is 17.7. The Hall–Kier alpha value is -4.34. The Labute approximate surface area is 192 Å². The van der Waals surface area contributed by atoms with Crippen LogP contribution in [-0.4, -0.2) is 27.6 Å². The lowest BCUT2D eigenvalue weighted by molar-refractivity contribution is -0.137. The minimum atomic E-state index is -4.57. The Bertz CT molecular complexity index is 1300. The third kappa shape index (κ3) is 4.70. The van der Waals surface area contributed by atoms with Crippen LogP contribution in [-0.2, 0) is 22.2 Å². The standard InChI is InChI=1S/C24H20F3N5O2/c25-24(26,27)17-5-4-8-19(11-17)31-14-16(22(28)33)10-20(23(29)34)21(31)9-15-12-30-32(13-15)18-6-2-1-3-7-18/h1-8,10-14,21H,9H2,(H2,28,33)(H2,29,34). The average Bonchev–Trinajstić information content (AvgIpc) is 3.27. The van der Waals surface area contributed by atoms with Gasteiger partial charge in [0.05, 0.1) is 29.1 Å². The molecule has 2 amide bonds. The third-order valence-electron chi connectivity index (χ3n) is 5.41. The molecule has 1 aliphatic rings. The molecule has 0 spiro atoms. The number of anilines is 1. The maximum atomic E-state index is 13.3. The lowest BCUT2D eigenvalue weighted by Gasteiger charge is -2.35. The van der Waals surface area contributed by atoms with E-state index < -0.39 is 29.6 Å². The van der Waals surface area contributed by atoms with Crippen LogP contribution in [0.3, 0.4) is 0 Å². The van der Waals surface area contributed by atoms with Crippen LogP contribution in [0.5, 0.6) is 0 Å². The molecule has 1 aromatic heterocycles. The predicted octanol–water partition coefficient (Wildman–Crippen LogP) is 3.10. The van der Waals surface area contributed by atoms with Crippen molar-refractivity contribution in [2.24, 2.45) is 11.5 Å². The Balaban J connectivity index is 1.76. The van der Waals surface area contributed by atoms with E-state index in [0.29, 0.717) is 5.56 Å². The van der Waals surface area contributed by atoms with Crippen LogP contribution in [0.1, 0.15) is 11.1 Å². The molecule has 1 unspecified atom stereocenters. The van der Waals surface area contributed by atoms with Crippen molar-refractivity contribution in [1.82, 2.24) is 9.78 Å². The Morgan fingerprint density at radius 2 is 1.68 bits per heavy atom. The minimum absolute atomic E-state index is 0.0428. The van der Waals surface area contributed by atoms with Crippen LogP contribution in [0, 0.1) is 0 Å². The van der Waals surface area contributed by atoms with Crippen LogP contribution >= 0.6 is 0 Å². The van der Waals surface area contributed by atoms with E-state index in [1.54, 1.807) is 17.1 Å². The number of hydrogen-bond donors (Lipinski definition) is 2. The molecule has 7 nitrogen and oxygen atoms in total. The number of hydrogen-bond acceptors (Lipinski definition) is 4. The summed E-state index contributed by atoms with van der Waals surface area (Å²) >= 11 is 0. The first-order chi connectivity index (χ1) is 16.1. The van der Waals surface area contributed by atoms with Crippen molar-refractivity contribution in [1.29, 1.82) is 0 Å². The summed E-state index contributed by atoms with van der Waals surface area (Å²) in [5, 5.41) is 4.33. The van der Waals surface area contributed by atoms with E-state index in [-0.39, 0.29) is 23.3 Å². The van der Waals surface area contributed by atoms with E-state index >= 15 is 0 Å². The normalized spacial score (nSPS) is 16.1. The number of amides is 2. The largest absolute Gasteiger partial charge is 0.416 e. The summed E-state index contributed by atoms with van der Waals surface area (Å²) in [7, 11) is 0. The quantitative estimate of drug-likeness (QED) is 0.581. The number of para-hydroxylation sites is 1. The first-order valence-electron chi connectivity index (χ1n) is 10.2. The van der Waals surface area contributed by atoms with Crippen molar-refractivity contribution in [3.63, 3.8) is 0 Å². The lowest BCUT2D eigenvalue weighted by Crippen LogP contribution is -2.42. The van der Waals surface area contributed by atoms with Gasteiger partial charge in [0.15, 0.2) is 0 Å². The maximum Gasteiger partial charge on any atom is 0.416 e. The summed E-state index contributed by atoms with van der Waals surface area (Å²) in [6.45, 7) is 0. The van der Waals surface area contributed by atoms with Gasteiger partial charge in [-0.25, -0.2) is 4.68 Å². The molecule has 0 fully saturated rings. The molecule has 2 aromatic carbocycles. The summed E-state index contributed by atoms with van der Waals surface area (Å²) in [5.74, 6) is -1.66. The second-order valence-corrected chi connectivity index (χ2v) is 7.72. The van der Waals surface area contributed by atoms with Crippen molar-refractivity contribution < 1.29 is 22.8 Å². The van der Waals surface area contributed by atoms with E-state index in [1.807, 2.05) is 30.3 Å². The van der Waals surface area contributed by atoms with Gasteiger partial charge in [-0.1, -0.05) is 24.3 Å². The first-order valence-corrected chi connectivity index (χ1v) is 10.2. The Morgan fingerprint density at radius 3 is 2.32 bits per heavy atom. The highest BCUT2D eigenvalue weighted by molar-refractivity contribution is 6.02. The number of nitrogens with zero attached hydrogens (tertiary/aromatic N) is 3. The smallest absolute Gasteiger partial charge is 0.366 e. The zero-order chi connectivity index (χ0) is 24.5. The molecule has 174 valence electrons. The number of carbonyl (C=O) groups is 2. The van der Waals surface area contributed by atoms with Crippen molar-refractivity contribution >= 4 is 17.5 Å². The van der Waals surface area contributed by atoms with Gasteiger partial charge in [-0.3, -0.25) is 9.59 Å². The molecule has 1 aliphatic heterocycles. The first kappa shape index (κ1) is 22.8. The molecule has 4 rings (SSSR count). The van der Waals surface area contributed by atoms with Gasteiger partial charge < -0.3 is 16.4 Å². The molecule has 1 atom stereocenters. The molecule has 3 aromatic rings. The summed E-state index contributed by atoms with van der Waals surface area (Å²) in [5.41, 5.74) is 11.8. The van der Waals surface area contributed by atoms with Crippen molar-refractivity contribution in [2.75, 3.05) is 4.90 Å². The number of primary amides is 2. The minimum Gasteiger partial charge on any atom is -0.366 e. The van der Waals surface area contributed by atoms with Gasteiger partial charge in [0.1, 0.15) is 0 Å². The molecule has 0 radical (unpaired) electrons. The predicted molar refractivity (Wildman–Crippen MR) is 120 cm³/mol. The molecule has 34 heavy (non-hydrogen) atoms. The van der Waals surface area contributed by atoms with Gasteiger partial charge in [0, 0.05) is 30.1 Å². The Morgan fingerprint density at radius 1 is 0.971 bits per heavy atom. The summed E-state index contributed by atoms with van der Waals surface area (Å²) < 4.78 is 41.7. The van der Waals surface area contributed by atoms with Gasteiger partial charge in [-0.2, -0.15) is 18.3 Å². The summed E-state index contributed by atoms with van der Waals surface area (Å²) in [6.07, 6.45) is 1.57. The summed E-state index contributed by atoms with van der Waals surface area (Å²) in [4.78, 5) is 25.6. The molecule has 0 saturated carbocycles. The van der Waals surface area contributed by atoms with Gasteiger partial charge in [0.25, 0.3) is 0 Å². The molecule has 0 aliphatic carbocycles. The van der Waals surface area contributed by atoms with Gasteiger partial charge >= 0.3 is 6.18 Å². The topological polar surface area (TPSA) is 107 Å². The fourth-order valence-electron chi connectivity index (χ4n) is 3.78. The molecular formula is C24H20F3N5O2. The second kappa shape index (κ2) is 8.89. The zero-order valence-electron chi connectivity index (χ0n) is 17.7. The molecule has 2 heterocycles. The van der Waals surface area contributed by atoms with Crippen LogP contribution in [0.15, 0.2) is 90.4 Å². The van der Waals surface area contributed by atoms with Crippen molar-refractivity contribution in [3.05, 3.63) is 102 Å². The van der Waals surface area contributed by atoms with Gasteiger partial charge in [0.2, 0.25) is 11.8 Å². The number of benzene rings is 2. The molecular weight excluding hydrogens is 447 g/mol. The number of carbonyl (C=O) groups excluding carboxylic acids is 2. The van der Waals surface area contributed by atoms with E-state index in [0.717, 1.165) is 17.8 Å². The molecule has 0 bridgehead atoms. The Kier molecular flexibility index (Phi) is 5.97. The molecule has 4 N–H and O–H groups in total. The van der Waals surface area contributed by atoms with Crippen LogP contribution in [0.25, 0.3) is 5.69 Å². The van der Waals surface area contributed by atoms with E-state index in [4.69, 9.17) is 11.5 Å². The van der Waals surface area contributed by atoms with E-state index in [2.05, 4.69) is 5.10 Å². The molecule has 0 saturated heterocycles. The van der Waals surface area contributed by atoms with Crippen molar-refractivity contribution in [3.8, 4) is 5.69 Å². The van der Waals surface area contributed by atoms with E-state index in [9.17, 15) is 22.8 Å². The van der Waals surface area contributed by atoms with Crippen LogP contribution in [0.4, 0.5) is 18.9 Å². The monoisotopic (exact) mass is 467 g/mol. The fourth-order valence-corrected chi connectivity index (χ4v) is 3.78. The highest BCUT2D eigenvalue weighted by atomic mass is 19.4. The number of halogens is 3. The van der Waals surface area contributed by atoms with Crippen LogP contribution in [0.2, 0.25) is 0 Å². The fraction of sp³-hybridized carbons (Fsp3) is 0.125. The van der Waals surface area contributed by atoms with Crippen molar-refractivity contribution in [2.45, 2.75) is 18.6 Å². The van der Waals surface area contributed by atoms with Gasteiger partial charge in [-0.05, 0) is 42.0 Å².